The molecule has 3 rings (SSSR count). The third kappa shape index (κ3) is 1.86. The van der Waals surface area contributed by atoms with Crippen molar-refractivity contribution in [2.45, 2.75) is 13.5 Å². The summed E-state index contributed by atoms with van der Waals surface area (Å²) < 4.78 is 5.57. The van der Waals surface area contributed by atoms with E-state index in [0.29, 0.717) is 16.9 Å². The lowest BCUT2D eigenvalue weighted by atomic mass is 9.97. The van der Waals surface area contributed by atoms with Crippen LogP contribution in [0.5, 0.6) is 11.5 Å². The highest BCUT2D eigenvalue weighted by molar-refractivity contribution is 6.13. The Morgan fingerprint density at radius 1 is 1.20 bits per heavy atom. The molecule has 0 amide bonds. The van der Waals surface area contributed by atoms with Crippen LogP contribution in [0.25, 0.3) is 0 Å². The van der Waals surface area contributed by atoms with Crippen molar-refractivity contribution in [1.82, 2.24) is 0 Å². The summed E-state index contributed by atoms with van der Waals surface area (Å²) >= 11 is 0. The summed E-state index contributed by atoms with van der Waals surface area (Å²) in [7, 11) is 0. The number of rotatable bonds is 1. The second-order valence-electron chi connectivity index (χ2n) is 4.70. The van der Waals surface area contributed by atoms with Crippen molar-refractivity contribution < 1.29 is 19.4 Å². The van der Waals surface area contributed by atoms with Crippen LogP contribution >= 0.6 is 0 Å². The molecule has 1 aliphatic rings. The minimum absolute atomic E-state index is 0.125. The third-order valence-corrected chi connectivity index (χ3v) is 3.37. The summed E-state index contributed by atoms with van der Waals surface area (Å²) in [6, 6.07) is 9.91. The zero-order valence-corrected chi connectivity index (χ0v) is 10.8. The molecule has 4 nitrogen and oxygen atoms in total. The van der Waals surface area contributed by atoms with Gasteiger partial charge in [0, 0.05) is 17.2 Å². The highest BCUT2D eigenvalue weighted by Gasteiger charge is 2.24. The van der Waals surface area contributed by atoms with Crippen LogP contribution in [0, 0.1) is 0 Å². The predicted molar refractivity (Wildman–Crippen MR) is 72.3 cm³/mol. The smallest absolute Gasteiger partial charge is 0.197 e. The van der Waals surface area contributed by atoms with Gasteiger partial charge in [-0.3, -0.25) is 9.59 Å². The molecule has 0 unspecified atom stereocenters. The maximum Gasteiger partial charge on any atom is 0.197 e. The second kappa shape index (κ2) is 4.49. The average molecular weight is 268 g/mol. The molecule has 0 radical (unpaired) electrons. The van der Waals surface area contributed by atoms with E-state index in [0.717, 1.165) is 5.56 Å². The first-order valence-corrected chi connectivity index (χ1v) is 6.21. The van der Waals surface area contributed by atoms with Crippen LogP contribution in [0.4, 0.5) is 0 Å². The molecule has 1 N–H and O–H groups in total. The van der Waals surface area contributed by atoms with Crippen LogP contribution < -0.4 is 4.74 Å². The monoisotopic (exact) mass is 268 g/mol. The van der Waals surface area contributed by atoms with Gasteiger partial charge in [0.2, 0.25) is 0 Å². The molecule has 0 fully saturated rings. The number of hydrogen-bond donors (Lipinski definition) is 1. The molecule has 1 aliphatic heterocycles. The van der Waals surface area contributed by atoms with Crippen LogP contribution in [0.2, 0.25) is 0 Å². The largest absolute Gasteiger partial charge is 0.507 e. The lowest BCUT2D eigenvalue weighted by Crippen LogP contribution is -2.04. The highest BCUT2D eigenvalue weighted by atomic mass is 16.5. The van der Waals surface area contributed by atoms with E-state index in [1.807, 2.05) is 12.1 Å². The molecule has 2 aromatic carbocycles. The first-order chi connectivity index (χ1) is 9.58. The SMILES string of the molecule is CC(=O)c1cc2c(cc1O)OCc1ccccc1C2=O. The number of fused-ring (bicyclic) bond motifs is 2. The van der Waals surface area contributed by atoms with Gasteiger partial charge in [0.15, 0.2) is 11.6 Å². The quantitative estimate of drug-likeness (QED) is 0.808. The molecule has 2 aromatic rings. The second-order valence-corrected chi connectivity index (χ2v) is 4.70. The summed E-state index contributed by atoms with van der Waals surface area (Å²) in [5.41, 5.74) is 1.78. The topological polar surface area (TPSA) is 63.6 Å². The first-order valence-electron chi connectivity index (χ1n) is 6.21. The standard InChI is InChI=1S/C16H12O4/c1-9(17)12-6-13-15(7-14(12)18)20-8-10-4-2-3-5-11(10)16(13)19/h2-7,18H,8H2,1H3. The zero-order chi connectivity index (χ0) is 14.3. The van der Waals surface area contributed by atoms with E-state index < -0.39 is 0 Å². The predicted octanol–water partition coefficient (Wildman–Crippen LogP) is 2.72. The fourth-order valence-electron chi connectivity index (χ4n) is 2.32. The molecule has 0 aromatic heterocycles. The lowest BCUT2D eigenvalue weighted by Gasteiger charge is -2.09. The fraction of sp³-hybridized carbons (Fsp3) is 0.125. The number of Topliss-reactive ketones (excluding diaryl/α,β-unsaturated/α-hetero) is 1. The third-order valence-electron chi connectivity index (χ3n) is 3.37. The van der Waals surface area contributed by atoms with E-state index in [4.69, 9.17) is 4.74 Å². The normalized spacial score (nSPS) is 12.9. The van der Waals surface area contributed by atoms with Gasteiger partial charge < -0.3 is 9.84 Å². The van der Waals surface area contributed by atoms with Gasteiger partial charge in [-0.05, 0) is 13.0 Å². The molecular weight excluding hydrogens is 256 g/mol. The Hall–Kier alpha value is -2.62. The minimum Gasteiger partial charge on any atom is -0.507 e. The molecule has 0 bridgehead atoms. The van der Waals surface area contributed by atoms with Crippen molar-refractivity contribution in [3.05, 3.63) is 58.7 Å². The van der Waals surface area contributed by atoms with Crippen LogP contribution in [-0.2, 0) is 6.61 Å². The summed E-state index contributed by atoms with van der Waals surface area (Å²) in [4.78, 5) is 24.0. The van der Waals surface area contributed by atoms with Crippen molar-refractivity contribution in [2.24, 2.45) is 0 Å². The number of carbonyl (C=O) groups is 2. The summed E-state index contributed by atoms with van der Waals surface area (Å²) in [5.74, 6) is -0.366. The number of ether oxygens (including phenoxy) is 1. The Labute approximate surface area is 115 Å². The van der Waals surface area contributed by atoms with E-state index in [-0.39, 0.29) is 29.5 Å². The van der Waals surface area contributed by atoms with Gasteiger partial charge in [0.25, 0.3) is 0 Å². The molecule has 1 heterocycles. The Morgan fingerprint density at radius 2 is 1.95 bits per heavy atom. The molecule has 0 saturated carbocycles. The van der Waals surface area contributed by atoms with E-state index in [1.165, 1.54) is 19.1 Å². The van der Waals surface area contributed by atoms with Crippen LogP contribution in [0.1, 0.15) is 38.8 Å². The summed E-state index contributed by atoms with van der Waals surface area (Å²) in [5, 5.41) is 9.82. The van der Waals surface area contributed by atoms with E-state index in [2.05, 4.69) is 0 Å². The summed E-state index contributed by atoms with van der Waals surface area (Å²) in [6.07, 6.45) is 0. The molecule has 4 heteroatoms. The van der Waals surface area contributed by atoms with E-state index in [1.54, 1.807) is 12.1 Å². The van der Waals surface area contributed by atoms with Crippen LogP contribution in [0.15, 0.2) is 36.4 Å². The first kappa shape index (κ1) is 12.4. The maximum atomic E-state index is 12.5. The van der Waals surface area contributed by atoms with Crippen molar-refractivity contribution >= 4 is 11.6 Å². The number of ketones is 2. The minimum atomic E-state index is -0.296. The van der Waals surface area contributed by atoms with Gasteiger partial charge in [-0.1, -0.05) is 24.3 Å². The number of carbonyl (C=O) groups excluding carboxylic acids is 2. The molecule has 0 atom stereocenters. The van der Waals surface area contributed by atoms with Gasteiger partial charge in [-0.25, -0.2) is 0 Å². The van der Waals surface area contributed by atoms with Gasteiger partial charge in [0.05, 0.1) is 11.1 Å². The molecular formula is C16H12O4. The molecule has 100 valence electrons. The number of benzene rings is 2. The van der Waals surface area contributed by atoms with Crippen LogP contribution in [-0.4, -0.2) is 16.7 Å². The van der Waals surface area contributed by atoms with Crippen molar-refractivity contribution in [3.8, 4) is 11.5 Å². The van der Waals surface area contributed by atoms with Crippen molar-refractivity contribution in [3.63, 3.8) is 0 Å². The summed E-state index contributed by atoms with van der Waals surface area (Å²) in [6.45, 7) is 1.60. The Kier molecular flexibility index (Phi) is 2.79. The number of aromatic hydroxyl groups is 1. The Morgan fingerprint density at radius 3 is 2.70 bits per heavy atom. The number of phenols is 1. The van der Waals surface area contributed by atoms with Gasteiger partial charge >= 0.3 is 0 Å². The average Bonchev–Trinajstić information content (AvgIpc) is 2.56. The van der Waals surface area contributed by atoms with E-state index >= 15 is 0 Å². The number of phenolic OH excluding ortho intramolecular Hbond substituents is 1. The zero-order valence-electron chi connectivity index (χ0n) is 10.8. The number of hydrogen-bond acceptors (Lipinski definition) is 4. The van der Waals surface area contributed by atoms with E-state index in [9.17, 15) is 14.7 Å². The van der Waals surface area contributed by atoms with Gasteiger partial charge in [0.1, 0.15) is 18.1 Å². The highest BCUT2D eigenvalue weighted by Crippen LogP contribution is 2.33. The molecule has 0 saturated heterocycles. The fourth-order valence-corrected chi connectivity index (χ4v) is 2.32. The Balaban J connectivity index is 2.22. The molecule has 20 heavy (non-hydrogen) atoms. The maximum absolute atomic E-state index is 12.5. The Bertz CT molecular complexity index is 731. The van der Waals surface area contributed by atoms with Crippen molar-refractivity contribution in [1.29, 1.82) is 0 Å². The molecule has 0 spiro atoms. The lowest BCUT2D eigenvalue weighted by molar-refractivity contribution is 0.101. The van der Waals surface area contributed by atoms with Crippen LogP contribution in [0.3, 0.4) is 0 Å². The van der Waals surface area contributed by atoms with Gasteiger partial charge in [-0.15, -0.1) is 0 Å². The molecule has 0 aliphatic carbocycles. The van der Waals surface area contributed by atoms with Crippen molar-refractivity contribution in [2.75, 3.05) is 0 Å². The van der Waals surface area contributed by atoms with Gasteiger partial charge in [-0.2, -0.15) is 0 Å².